The Morgan fingerprint density at radius 2 is 1.43 bits per heavy atom. The summed E-state index contributed by atoms with van der Waals surface area (Å²) in [5, 5.41) is 0. The lowest BCUT2D eigenvalue weighted by atomic mass is 9.96. The molecule has 14 heavy (non-hydrogen) atoms. The van der Waals surface area contributed by atoms with Gasteiger partial charge in [0.15, 0.2) is 4.11 Å². The van der Waals surface area contributed by atoms with Crippen LogP contribution in [0, 0.1) is 11.8 Å². The Hall–Kier alpha value is 0. The number of ether oxygens (including phenoxy) is 2. The van der Waals surface area contributed by atoms with Crippen molar-refractivity contribution >= 4 is 28.7 Å². The highest BCUT2D eigenvalue weighted by atomic mass is 127. The Kier molecular flexibility index (Phi) is 6.48. The van der Waals surface area contributed by atoms with Crippen molar-refractivity contribution < 1.29 is 14.3 Å². The van der Waals surface area contributed by atoms with E-state index in [-0.39, 0.29) is 10.2 Å². The topological polar surface area (TPSA) is 35.5 Å². The van der Waals surface area contributed by atoms with Gasteiger partial charge in [-0.15, -0.1) is 0 Å². The van der Waals surface area contributed by atoms with E-state index >= 15 is 0 Å². The van der Waals surface area contributed by atoms with E-state index in [1.54, 1.807) is 6.92 Å². The molecular formula is C10H19IO3. The molecule has 0 heterocycles. The zero-order valence-electron chi connectivity index (χ0n) is 9.41. The van der Waals surface area contributed by atoms with Crippen molar-refractivity contribution in [3.63, 3.8) is 0 Å². The van der Waals surface area contributed by atoms with Crippen LogP contribution in [0.2, 0.25) is 0 Å². The molecule has 0 bridgehead atoms. The lowest BCUT2D eigenvalue weighted by Gasteiger charge is -2.24. The lowest BCUT2D eigenvalue weighted by molar-refractivity contribution is -0.0109. The van der Waals surface area contributed by atoms with Crippen LogP contribution in [0.15, 0.2) is 0 Å². The fourth-order valence-corrected chi connectivity index (χ4v) is 1.52. The fourth-order valence-electron chi connectivity index (χ4n) is 1.31. The summed E-state index contributed by atoms with van der Waals surface area (Å²) >= 11 is 2.02. The lowest BCUT2D eigenvalue weighted by Crippen LogP contribution is -2.29. The Morgan fingerprint density at radius 3 is 1.71 bits per heavy atom. The molecule has 0 radical (unpaired) electrons. The number of carbonyl (C=O) groups excluding carboxylic acids is 1. The molecular weight excluding hydrogens is 295 g/mol. The van der Waals surface area contributed by atoms with Gasteiger partial charge in [-0.25, -0.2) is 4.79 Å². The second-order valence-electron chi connectivity index (χ2n) is 3.98. The fraction of sp³-hybridized carbons (Fsp3) is 0.900. The van der Waals surface area contributed by atoms with Crippen LogP contribution in [-0.2, 0) is 9.47 Å². The average molecular weight is 314 g/mol. The Morgan fingerprint density at radius 1 is 1.00 bits per heavy atom. The van der Waals surface area contributed by atoms with Crippen molar-refractivity contribution in [3.05, 3.63) is 0 Å². The second kappa shape index (κ2) is 6.48. The van der Waals surface area contributed by atoms with E-state index in [1.807, 2.05) is 50.3 Å². The maximum absolute atomic E-state index is 11.2. The van der Waals surface area contributed by atoms with Crippen LogP contribution in [0.1, 0.15) is 34.6 Å². The monoisotopic (exact) mass is 314 g/mol. The van der Waals surface area contributed by atoms with Crippen molar-refractivity contribution in [2.75, 3.05) is 0 Å². The van der Waals surface area contributed by atoms with E-state index in [9.17, 15) is 4.79 Å². The Balaban J connectivity index is 4.10. The quantitative estimate of drug-likeness (QED) is 0.452. The van der Waals surface area contributed by atoms with Crippen LogP contribution in [0.25, 0.3) is 0 Å². The zero-order chi connectivity index (χ0) is 11.3. The van der Waals surface area contributed by atoms with E-state index in [0.29, 0.717) is 11.8 Å². The van der Waals surface area contributed by atoms with Crippen molar-refractivity contribution in [1.29, 1.82) is 0 Å². The summed E-state index contributed by atoms with van der Waals surface area (Å²) in [6.07, 6.45) is -0.642. The molecule has 84 valence electrons. The Labute approximate surface area is 99.7 Å². The van der Waals surface area contributed by atoms with Crippen molar-refractivity contribution in [3.8, 4) is 0 Å². The van der Waals surface area contributed by atoms with Crippen LogP contribution in [-0.4, -0.2) is 16.4 Å². The summed E-state index contributed by atoms with van der Waals surface area (Å²) in [6.45, 7) is 9.93. The molecule has 1 unspecified atom stereocenters. The van der Waals surface area contributed by atoms with E-state index < -0.39 is 6.16 Å². The molecule has 3 nitrogen and oxygen atoms in total. The molecule has 0 saturated carbocycles. The summed E-state index contributed by atoms with van der Waals surface area (Å²) in [5.41, 5.74) is 0. The molecule has 0 N–H and O–H groups in total. The summed E-state index contributed by atoms with van der Waals surface area (Å²) in [6, 6.07) is 0. The standard InChI is InChI=1S/C10H19IO3/c1-6(2)9(7(3)4)14-10(12)13-8(5)11/h6-9H,1-5H3. The highest BCUT2D eigenvalue weighted by Crippen LogP contribution is 2.17. The summed E-state index contributed by atoms with van der Waals surface area (Å²) in [7, 11) is 0. The first-order chi connectivity index (χ1) is 6.34. The van der Waals surface area contributed by atoms with E-state index in [0.717, 1.165) is 0 Å². The van der Waals surface area contributed by atoms with Crippen LogP contribution < -0.4 is 0 Å². The van der Waals surface area contributed by atoms with Gasteiger partial charge in [-0.05, 0) is 41.4 Å². The van der Waals surface area contributed by atoms with Crippen molar-refractivity contribution in [1.82, 2.24) is 0 Å². The minimum absolute atomic E-state index is 0.0716. The number of hydrogen-bond donors (Lipinski definition) is 0. The highest BCUT2D eigenvalue weighted by molar-refractivity contribution is 14.1. The molecule has 0 fully saturated rings. The van der Waals surface area contributed by atoms with Gasteiger partial charge in [-0.1, -0.05) is 27.7 Å². The molecule has 0 saturated heterocycles. The van der Waals surface area contributed by atoms with Gasteiger partial charge in [0.2, 0.25) is 0 Å². The molecule has 0 aromatic carbocycles. The molecule has 0 aliphatic carbocycles. The number of carbonyl (C=O) groups is 1. The average Bonchev–Trinajstić information content (AvgIpc) is 1.97. The van der Waals surface area contributed by atoms with Gasteiger partial charge in [0, 0.05) is 0 Å². The van der Waals surface area contributed by atoms with Gasteiger partial charge in [0.05, 0.1) is 0 Å². The second-order valence-corrected chi connectivity index (χ2v) is 5.74. The molecule has 4 heteroatoms. The van der Waals surface area contributed by atoms with E-state index in [2.05, 4.69) is 0 Å². The first-order valence-electron chi connectivity index (χ1n) is 4.86. The number of halogens is 1. The molecule has 0 amide bonds. The predicted octanol–water partition coefficient (Wildman–Crippen LogP) is 3.60. The SMILES string of the molecule is CC(I)OC(=O)OC(C(C)C)C(C)C. The van der Waals surface area contributed by atoms with Gasteiger partial charge in [0.25, 0.3) is 0 Å². The van der Waals surface area contributed by atoms with E-state index in [4.69, 9.17) is 9.47 Å². The minimum atomic E-state index is -0.570. The van der Waals surface area contributed by atoms with Gasteiger partial charge < -0.3 is 9.47 Å². The molecule has 0 aromatic rings. The molecule has 0 spiro atoms. The van der Waals surface area contributed by atoms with Crippen molar-refractivity contribution in [2.24, 2.45) is 11.8 Å². The minimum Gasteiger partial charge on any atom is -0.430 e. The van der Waals surface area contributed by atoms with E-state index in [1.165, 1.54) is 0 Å². The molecule has 0 aliphatic heterocycles. The van der Waals surface area contributed by atoms with Crippen LogP contribution in [0.5, 0.6) is 0 Å². The zero-order valence-corrected chi connectivity index (χ0v) is 11.6. The first-order valence-corrected chi connectivity index (χ1v) is 6.10. The third kappa shape index (κ3) is 5.67. The van der Waals surface area contributed by atoms with Crippen molar-refractivity contribution in [2.45, 2.75) is 44.8 Å². The van der Waals surface area contributed by atoms with Gasteiger partial charge in [-0.3, -0.25) is 0 Å². The Bertz CT molecular complexity index is 170. The number of alkyl halides is 1. The molecule has 0 aromatic heterocycles. The normalized spacial score (nSPS) is 13.5. The summed E-state index contributed by atoms with van der Waals surface area (Å²) in [4.78, 5) is 11.2. The predicted molar refractivity (Wildman–Crippen MR) is 64.5 cm³/mol. The maximum atomic E-state index is 11.2. The maximum Gasteiger partial charge on any atom is 0.509 e. The van der Waals surface area contributed by atoms with Crippen LogP contribution in [0.4, 0.5) is 4.79 Å². The number of rotatable bonds is 4. The highest BCUT2D eigenvalue weighted by Gasteiger charge is 2.23. The third-order valence-corrected chi connectivity index (χ3v) is 2.06. The van der Waals surface area contributed by atoms with Gasteiger partial charge in [0.1, 0.15) is 6.10 Å². The third-order valence-electron chi connectivity index (χ3n) is 1.81. The summed E-state index contributed by atoms with van der Waals surface area (Å²) in [5.74, 6) is 0.624. The first kappa shape index (κ1) is 14.0. The van der Waals surface area contributed by atoms with Gasteiger partial charge >= 0.3 is 6.16 Å². The summed E-state index contributed by atoms with van der Waals surface area (Å²) < 4.78 is 9.97. The van der Waals surface area contributed by atoms with Crippen LogP contribution >= 0.6 is 22.6 Å². The molecule has 1 atom stereocenters. The number of hydrogen-bond acceptors (Lipinski definition) is 3. The smallest absolute Gasteiger partial charge is 0.430 e. The largest absolute Gasteiger partial charge is 0.509 e. The van der Waals surface area contributed by atoms with Crippen LogP contribution in [0.3, 0.4) is 0 Å². The molecule has 0 aliphatic rings. The molecule has 0 rings (SSSR count). The van der Waals surface area contributed by atoms with Gasteiger partial charge in [-0.2, -0.15) is 0 Å².